The van der Waals surface area contributed by atoms with Crippen LogP contribution in [0.5, 0.6) is 0 Å². The largest absolute Gasteiger partial charge is 0.458 e. The summed E-state index contributed by atoms with van der Waals surface area (Å²) in [6.07, 6.45) is -0.622. The second-order valence-corrected chi connectivity index (χ2v) is 13.7. The van der Waals surface area contributed by atoms with Crippen LogP contribution in [-0.2, 0) is 30.3 Å². The van der Waals surface area contributed by atoms with Crippen molar-refractivity contribution in [3.8, 4) is 0 Å². The first-order chi connectivity index (χ1) is 20.8. The lowest BCUT2D eigenvalue weighted by atomic mass is 9.96. The molecule has 248 valence electrons. The maximum atomic E-state index is 14.3. The van der Waals surface area contributed by atoms with Crippen LogP contribution in [0.1, 0.15) is 83.7 Å². The number of amides is 3. The molecule has 0 spiro atoms. The molecule has 0 aliphatic rings. The minimum atomic E-state index is -1.24. The van der Waals surface area contributed by atoms with Gasteiger partial charge < -0.3 is 30.1 Å². The van der Waals surface area contributed by atoms with Gasteiger partial charge in [0, 0.05) is 13.0 Å². The van der Waals surface area contributed by atoms with Gasteiger partial charge in [-0.3, -0.25) is 9.59 Å². The van der Waals surface area contributed by atoms with E-state index in [0.717, 1.165) is 16.7 Å². The summed E-state index contributed by atoms with van der Waals surface area (Å²) in [5.41, 5.74) is 1.57. The predicted octanol–water partition coefficient (Wildman–Crippen LogP) is 4.78. The molecule has 0 aromatic heterocycles. The zero-order chi connectivity index (χ0) is 34.1. The van der Waals surface area contributed by atoms with Crippen molar-refractivity contribution in [2.75, 3.05) is 13.2 Å². The Hall–Kier alpha value is -3.92. The number of nitrogens with one attached hydrogen (secondary N) is 2. The number of benzene rings is 2. The van der Waals surface area contributed by atoms with Crippen LogP contribution in [0.25, 0.3) is 0 Å². The molecule has 0 aliphatic heterocycles. The summed E-state index contributed by atoms with van der Waals surface area (Å²) < 4.78 is 11.1. The first-order valence-corrected chi connectivity index (χ1v) is 15.4. The first kappa shape index (κ1) is 37.3. The van der Waals surface area contributed by atoms with Crippen molar-refractivity contribution in [3.05, 3.63) is 70.8 Å². The summed E-state index contributed by atoms with van der Waals surface area (Å²) in [6, 6.07) is 11.3. The molecule has 2 aromatic carbocycles. The molecule has 0 bridgehead atoms. The van der Waals surface area contributed by atoms with Crippen molar-refractivity contribution >= 4 is 23.9 Å². The Bertz CT molecular complexity index is 1310. The Morgan fingerprint density at radius 1 is 0.844 bits per heavy atom. The monoisotopic (exact) mass is 625 g/mol. The number of carbonyl (C=O) groups excluding carboxylic acids is 4. The van der Waals surface area contributed by atoms with Crippen molar-refractivity contribution in [1.29, 1.82) is 0 Å². The molecule has 3 N–H and O–H groups in total. The maximum Gasteiger partial charge on any atom is 0.408 e. The lowest BCUT2D eigenvalue weighted by Gasteiger charge is -2.36. The molecular formula is C35H51N3O7. The average molecular weight is 626 g/mol. The van der Waals surface area contributed by atoms with E-state index < -0.39 is 59.8 Å². The topological polar surface area (TPSA) is 134 Å². The fraction of sp³-hybridized carbons (Fsp3) is 0.543. The third-order valence-electron chi connectivity index (χ3n) is 6.93. The number of hydrogen-bond acceptors (Lipinski definition) is 7. The van der Waals surface area contributed by atoms with Crippen LogP contribution < -0.4 is 10.6 Å². The third kappa shape index (κ3) is 11.8. The molecule has 10 nitrogen and oxygen atoms in total. The molecule has 3 amide bonds. The Morgan fingerprint density at radius 2 is 1.44 bits per heavy atom. The molecule has 0 heterocycles. The predicted molar refractivity (Wildman–Crippen MR) is 173 cm³/mol. The lowest BCUT2D eigenvalue weighted by molar-refractivity contribution is -0.159. The van der Waals surface area contributed by atoms with E-state index in [4.69, 9.17) is 9.47 Å². The van der Waals surface area contributed by atoms with E-state index in [1.807, 2.05) is 56.3 Å². The summed E-state index contributed by atoms with van der Waals surface area (Å²) in [5.74, 6) is -2.22. The van der Waals surface area contributed by atoms with Crippen LogP contribution in [0.4, 0.5) is 4.79 Å². The van der Waals surface area contributed by atoms with Gasteiger partial charge in [-0.25, -0.2) is 9.59 Å². The minimum Gasteiger partial charge on any atom is -0.458 e. The molecular weight excluding hydrogens is 574 g/mol. The highest BCUT2D eigenvalue weighted by molar-refractivity contribution is 5.94. The van der Waals surface area contributed by atoms with Gasteiger partial charge >= 0.3 is 12.1 Å². The van der Waals surface area contributed by atoms with Crippen molar-refractivity contribution in [1.82, 2.24) is 15.5 Å². The van der Waals surface area contributed by atoms with Crippen molar-refractivity contribution in [2.24, 2.45) is 5.92 Å². The number of rotatable bonds is 12. The molecule has 3 unspecified atom stereocenters. The lowest BCUT2D eigenvalue weighted by Crippen LogP contribution is -2.56. The van der Waals surface area contributed by atoms with Gasteiger partial charge in [-0.1, -0.05) is 62.4 Å². The van der Waals surface area contributed by atoms with Crippen molar-refractivity contribution in [2.45, 2.75) is 105 Å². The first-order valence-electron chi connectivity index (χ1n) is 15.4. The number of hydrogen-bond donors (Lipinski definition) is 3. The van der Waals surface area contributed by atoms with E-state index in [-0.39, 0.29) is 18.9 Å². The van der Waals surface area contributed by atoms with E-state index in [2.05, 4.69) is 10.6 Å². The van der Waals surface area contributed by atoms with E-state index >= 15 is 0 Å². The second-order valence-electron chi connectivity index (χ2n) is 13.7. The van der Waals surface area contributed by atoms with Crippen molar-refractivity contribution in [3.63, 3.8) is 0 Å². The summed E-state index contributed by atoms with van der Waals surface area (Å²) in [6.45, 7) is 17.1. The Morgan fingerprint density at radius 3 is 1.96 bits per heavy atom. The van der Waals surface area contributed by atoms with Crippen LogP contribution in [0.15, 0.2) is 48.5 Å². The quantitative estimate of drug-likeness (QED) is 0.289. The van der Waals surface area contributed by atoms with Crippen LogP contribution in [0, 0.1) is 19.8 Å². The van der Waals surface area contributed by atoms with Crippen LogP contribution in [0.2, 0.25) is 0 Å². The Labute approximate surface area is 267 Å². The fourth-order valence-corrected chi connectivity index (χ4v) is 4.68. The second kappa shape index (κ2) is 15.9. The summed E-state index contributed by atoms with van der Waals surface area (Å²) in [4.78, 5) is 55.9. The van der Waals surface area contributed by atoms with Gasteiger partial charge in [0.05, 0.1) is 6.61 Å². The number of ether oxygens (including phenoxy) is 2. The molecule has 2 aromatic rings. The van der Waals surface area contributed by atoms with Crippen LogP contribution >= 0.6 is 0 Å². The smallest absolute Gasteiger partial charge is 0.408 e. The van der Waals surface area contributed by atoms with Gasteiger partial charge in [0.2, 0.25) is 11.8 Å². The van der Waals surface area contributed by atoms with E-state index in [1.165, 1.54) is 4.90 Å². The molecule has 0 saturated carbocycles. The van der Waals surface area contributed by atoms with Crippen LogP contribution in [0.3, 0.4) is 0 Å². The summed E-state index contributed by atoms with van der Waals surface area (Å²) in [5, 5.41) is 15.6. The van der Waals surface area contributed by atoms with Gasteiger partial charge in [-0.05, 0) is 83.6 Å². The minimum absolute atomic E-state index is 0.157. The third-order valence-corrected chi connectivity index (χ3v) is 6.93. The van der Waals surface area contributed by atoms with Gasteiger partial charge in [0.15, 0.2) is 0 Å². The number of esters is 1. The normalized spacial score (nSPS) is 13.8. The SMILES string of the molecule is Cc1ccc(C(C(=O)NC(Cc2ccccc2)C(=O)OC(C)(C)C)N(CCO)C(=O)C(NC(=O)OC(C)(C)C)C(C)C)cc1C. The maximum absolute atomic E-state index is 14.3. The molecule has 0 saturated heterocycles. The molecule has 10 heteroatoms. The highest BCUT2D eigenvalue weighted by Gasteiger charge is 2.39. The Kier molecular flexibility index (Phi) is 13.2. The molecule has 45 heavy (non-hydrogen) atoms. The number of carbonyl (C=O) groups is 4. The highest BCUT2D eigenvalue weighted by Crippen LogP contribution is 2.26. The molecule has 0 fully saturated rings. The Balaban J connectivity index is 2.60. The van der Waals surface area contributed by atoms with Crippen molar-refractivity contribution < 1.29 is 33.8 Å². The number of aliphatic hydroxyl groups is 1. The molecule has 0 aliphatic carbocycles. The molecule has 2 rings (SSSR count). The van der Waals surface area contributed by atoms with E-state index in [1.54, 1.807) is 61.5 Å². The average Bonchev–Trinajstić information content (AvgIpc) is 2.91. The van der Waals surface area contributed by atoms with E-state index in [0.29, 0.717) is 5.56 Å². The van der Waals surface area contributed by atoms with Crippen LogP contribution in [-0.4, -0.2) is 70.3 Å². The van der Waals surface area contributed by atoms with Gasteiger partial charge in [-0.2, -0.15) is 0 Å². The zero-order valence-electron chi connectivity index (χ0n) is 28.4. The van der Waals surface area contributed by atoms with E-state index in [9.17, 15) is 24.3 Å². The fourth-order valence-electron chi connectivity index (χ4n) is 4.68. The highest BCUT2D eigenvalue weighted by atomic mass is 16.6. The number of alkyl carbamates (subject to hydrolysis) is 1. The standard InChI is InChI=1S/C35H51N3O7/c1-22(2)28(37-33(43)45-35(8,9)10)31(41)38(18-19-39)29(26-17-16-23(3)24(4)20-26)30(40)36-27(32(42)44-34(5,6)7)21-25-14-12-11-13-15-25/h11-17,20,22,27-29,39H,18-19,21H2,1-10H3,(H,36,40)(H,37,43). The molecule has 0 radical (unpaired) electrons. The van der Waals surface area contributed by atoms with Gasteiger partial charge in [0.1, 0.15) is 29.3 Å². The summed E-state index contributed by atoms with van der Waals surface area (Å²) in [7, 11) is 0. The van der Waals surface area contributed by atoms with Gasteiger partial charge in [-0.15, -0.1) is 0 Å². The number of aliphatic hydroxyl groups excluding tert-OH is 1. The number of nitrogens with zero attached hydrogens (tertiary/aromatic N) is 1. The number of aryl methyl sites for hydroxylation is 2. The molecule has 3 atom stereocenters. The summed E-state index contributed by atoms with van der Waals surface area (Å²) >= 11 is 0. The van der Waals surface area contributed by atoms with Gasteiger partial charge in [0.25, 0.3) is 0 Å². The zero-order valence-corrected chi connectivity index (χ0v) is 28.4.